The summed E-state index contributed by atoms with van der Waals surface area (Å²) in [5.74, 6) is 1.91. The van der Waals surface area contributed by atoms with E-state index in [1.54, 1.807) is 0 Å². The first-order chi connectivity index (χ1) is 12.7. The van der Waals surface area contributed by atoms with E-state index < -0.39 is 0 Å². The summed E-state index contributed by atoms with van der Waals surface area (Å²) in [6.07, 6.45) is 2.22. The van der Waals surface area contributed by atoms with Crippen molar-refractivity contribution < 1.29 is 9.15 Å². The number of aryl methyl sites for hydroxylation is 1. The van der Waals surface area contributed by atoms with Crippen molar-refractivity contribution in [3.05, 3.63) is 59.0 Å². The Hall–Kier alpha value is -2.84. The van der Waals surface area contributed by atoms with Gasteiger partial charge in [0, 0.05) is 28.6 Å². The molecule has 1 fully saturated rings. The number of nitrogens with zero attached hydrogens (tertiary/aromatic N) is 2. The van der Waals surface area contributed by atoms with Gasteiger partial charge in [-0.05, 0) is 51.1 Å². The molecule has 1 saturated heterocycles. The summed E-state index contributed by atoms with van der Waals surface area (Å²) in [6, 6.07) is 13.8. The molecule has 1 aliphatic heterocycles. The van der Waals surface area contributed by atoms with Crippen LogP contribution in [0.4, 0.5) is 0 Å². The molecule has 5 nitrogen and oxygen atoms in total. The summed E-state index contributed by atoms with van der Waals surface area (Å²) in [6.45, 7) is 4.32. The van der Waals surface area contributed by atoms with Crippen LogP contribution in [0.1, 0.15) is 41.3 Å². The Morgan fingerprint density at radius 1 is 1.27 bits per heavy atom. The molecule has 132 valence electrons. The van der Waals surface area contributed by atoms with Crippen LogP contribution in [-0.2, 0) is 6.61 Å². The van der Waals surface area contributed by atoms with Gasteiger partial charge in [0.25, 0.3) is 0 Å². The van der Waals surface area contributed by atoms with Crippen LogP contribution in [0.2, 0.25) is 0 Å². The number of furan rings is 1. The second kappa shape index (κ2) is 7.19. The molecule has 0 bridgehead atoms. The third-order valence-electron chi connectivity index (χ3n) is 4.89. The van der Waals surface area contributed by atoms with E-state index >= 15 is 0 Å². The number of rotatable bonds is 4. The fraction of sp³-hybridized carbons (Fsp3) is 0.333. The quantitative estimate of drug-likeness (QED) is 0.771. The summed E-state index contributed by atoms with van der Waals surface area (Å²) in [5, 5.41) is 13.5. The summed E-state index contributed by atoms with van der Waals surface area (Å²) < 4.78 is 11.7. The van der Waals surface area contributed by atoms with Gasteiger partial charge in [0.1, 0.15) is 18.0 Å². The highest BCUT2D eigenvalue weighted by molar-refractivity contribution is 5.86. The smallest absolute Gasteiger partial charge is 0.213 e. The molecular formula is C21H21N3O2. The lowest BCUT2D eigenvalue weighted by Gasteiger charge is -2.22. The van der Waals surface area contributed by atoms with Crippen LogP contribution in [0.5, 0.6) is 5.88 Å². The highest BCUT2D eigenvalue weighted by Crippen LogP contribution is 2.28. The summed E-state index contributed by atoms with van der Waals surface area (Å²) in [7, 11) is 0. The van der Waals surface area contributed by atoms with E-state index in [-0.39, 0.29) is 0 Å². The number of nitriles is 1. The number of ether oxygens (including phenoxy) is 1. The third kappa shape index (κ3) is 3.29. The molecule has 1 aliphatic rings. The molecule has 0 atom stereocenters. The normalized spacial score (nSPS) is 15.1. The summed E-state index contributed by atoms with van der Waals surface area (Å²) >= 11 is 0. The zero-order valence-corrected chi connectivity index (χ0v) is 14.8. The maximum atomic E-state index is 9.26. The average molecular weight is 347 g/mol. The molecule has 0 amide bonds. The average Bonchev–Trinajstić information content (AvgIpc) is 3.08. The molecule has 3 aromatic rings. The molecule has 0 radical (unpaired) electrons. The first kappa shape index (κ1) is 16.6. The van der Waals surface area contributed by atoms with E-state index in [1.807, 2.05) is 37.3 Å². The van der Waals surface area contributed by atoms with Crippen molar-refractivity contribution in [2.75, 3.05) is 13.1 Å². The van der Waals surface area contributed by atoms with Crippen LogP contribution in [0.15, 0.2) is 40.8 Å². The molecule has 0 aliphatic carbocycles. The maximum absolute atomic E-state index is 9.26. The Labute approximate surface area is 152 Å². The van der Waals surface area contributed by atoms with Crippen LogP contribution in [-0.4, -0.2) is 18.1 Å². The molecule has 4 rings (SSSR count). The van der Waals surface area contributed by atoms with Gasteiger partial charge in [0.05, 0.1) is 11.6 Å². The van der Waals surface area contributed by atoms with E-state index in [4.69, 9.17) is 14.1 Å². The minimum Gasteiger partial charge on any atom is -0.473 e. The van der Waals surface area contributed by atoms with Crippen LogP contribution in [0.25, 0.3) is 11.0 Å². The fourth-order valence-corrected chi connectivity index (χ4v) is 3.52. The highest BCUT2D eigenvalue weighted by Gasteiger charge is 2.17. The number of nitrogens with one attached hydrogen (secondary N) is 1. The Morgan fingerprint density at radius 2 is 2.12 bits per heavy atom. The SMILES string of the molecule is Cc1cc2c(C#N)ccc(COc3cccc(C4CCNCC4)n3)c2o1. The summed E-state index contributed by atoms with van der Waals surface area (Å²) in [4.78, 5) is 4.70. The van der Waals surface area contributed by atoms with Gasteiger partial charge >= 0.3 is 0 Å². The second-order valence-corrected chi connectivity index (χ2v) is 6.70. The van der Waals surface area contributed by atoms with Gasteiger partial charge in [0.15, 0.2) is 0 Å². The Kier molecular flexibility index (Phi) is 4.59. The topological polar surface area (TPSA) is 71.1 Å². The molecule has 26 heavy (non-hydrogen) atoms. The number of benzene rings is 1. The molecule has 5 heteroatoms. The van der Waals surface area contributed by atoms with Crippen LogP contribution >= 0.6 is 0 Å². The third-order valence-corrected chi connectivity index (χ3v) is 4.89. The lowest BCUT2D eigenvalue weighted by atomic mass is 9.94. The van der Waals surface area contributed by atoms with Gasteiger partial charge in [-0.2, -0.15) is 5.26 Å². The van der Waals surface area contributed by atoms with Crippen molar-refractivity contribution in [1.29, 1.82) is 5.26 Å². The lowest BCUT2D eigenvalue weighted by Crippen LogP contribution is -2.27. The minimum absolute atomic E-state index is 0.359. The minimum atomic E-state index is 0.359. The first-order valence-electron chi connectivity index (χ1n) is 8.97. The molecule has 1 N–H and O–H groups in total. The van der Waals surface area contributed by atoms with Crippen molar-refractivity contribution in [3.8, 4) is 11.9 Å². The molecule has 2 aromatic heterocycles. The van der Waals surface area contributed by atoms with Crippen molar-refractivity contribution in [1.82, 2.24) is 10.3 Å². The van der Waals surface area contributed by atoms with Crippen molar-refractivity contribution >= 4 is 11.0 Å². The number of hydrogen-bond donors (Lipinski definition) is 1. The van der Waals surface area contributed by atoms with Crippen molar-refractivity contribution in [2.45, 2.75) is 32.3 Å². The molecular weight excluding hydrogens is 326 g/mol. The number of hydrogen-bond acceptors (Lipinski definition) is 5. The molecule has 3 heterocycles. The van der Waals surface area contributed by atoms with Crippen LogP contribution in [0, 0.1) is 18.3 Å². The predicted molar refractivity (Wildman–Crippen MR) is 99.1 cm³/mol. The Balaban J connectivity index is 1.54. The van der Waals surface area contributed by atoms with Gasteiger partial charge < -0.3 is 14.5 Å². The fourth-order valence-electron chi connectivity index (χ4n) is 3.52. The lowest BCUT2D eigenvalue weighted by molar-refractivity contribution is 0.291. The standard InChI is InChI=1S/C21H21N3O2/c1-14-11-18-16(12-22)5-6-17(21(18)26-14)13-25-20-4-2-3-19(24-20)15-7-9-23-10-8-15/h2-6,11,15,23H,7-10,13H2,1H3. The van der Waals surface area contributed by atoms with Gasteiger partial charge in [-0.25, -0.2) is 4.98 Å². The van der Waals surface area contributed by atoms with Crippen molar-refractivity contribution in [3.63, 3.8) is 0 Å². The van der Waals surface area contributed by atoms with Gasteiger partial charge in [-0.3, -0.25) is 0 Å². The van der Waals surface area contributed by atoms with Gasteiger partial charge in [-0.1, -0.05) is 12.1 Å². The Morgan fingerprint density at radius 3 is 2.92 bits per heavy atom. The predicted octanol–water partition coefficient (Wildman–Crippen LogP) is 4.05. The number of piperidine rings is 1. The van der Waals surface area contributed by atoms with E-state index in [1.165, 1.54) is 0 Å². The van der Waals surface area contributed by atoms with E-state index in [2.05, 4.69) is 17.5 Å². The summed E-state index contributed by atoms with van der Waals surface area (Å²) in [5.41, 5.74) is 3.35. The zero-order valence-electron chi connectivity index (χ0n) is 14.8. The van der Waals surface area contributed by atoms with Crippen LogP contribution in [0.3, 0.4) is 0 Å². The van der Waals surface area contributed by atoms with Gasteiger partial charge in [0.2, 0.25) is 5.88 Å². The number of pyridine rings is 1. The van der Waals surface area contributed by atoms with Gasteiger partial charge in [-0.15, -0.1) is 0 Å². The molecule has 0 saturated carbocycles. The first-order valence-corrected chi connectivity index (χ1v) is 8.97. The Bertz CT molecular complexity index is 965. The number of aromatic nitrogens is 1. The molecule has 0 spiro atoms. The van der Waals surface area contributed by atoms with E-state index in [0.717, 1.165) is 53.9 Å². The molecule has 0 unspecified atom stereocenters. The number of fused-ring (bicyclic) bond motifs is 1. The second-order valence-electron chi connectivity index (χ2n) is 6.70. The van der Waals surface area contributed by atoms with Crippen molar-refractivity contribution in [2.24, 2.45) is 0 Å². The van der Waals surface area contributed by atoms with E-state index in [9.17, 15) is 5.26 Å². The van der Waals surface area contributed by atoms with Crippen LogP contribution < -0.4 is 10.1 Å². The zero-order chi connectivity index (χ0) is 17.9. The largest absolute Gasteiger partial charge is 0.473 e. The maximum Gasteiger partial charge on any atom is 0.213 e. The van der Waals surface area contributed by atoms with E-state index in [0.29, 0.717) is 24.0 Å². The highest BCUT2D eigenvalue weighted by atomic mass is 16.5. The monoisotopic (exact) mass is 347 g/mol. The molecule has 1 aromatic carbocycles.